The van der Waals surface area contributed by atoms with E-state index in [0.29, 0.717) is 11.3 Å². The number of anilines is 1. The van der Waals surface area contributed by atoms with Crippen LogP contribution in [0.5, 0.6) is 0 Å². The third kappa shape index (κ3) is 3.42. The number of aliphatic carboxylic acids is 1. The van der Waals surface area contributed by atoms with E-state index in [0.717, 1.165) is 0 Å². The molecule has 1 N–H and O–H groups in total. The molecule has 0 fully saturated rings. The molecule has 0 spiro atoms. The molecule has 0 aliphatic carbocycles. The number of carbonyl (C=O) groups is 2. The summed E-state index contributed by atoms with van der Waals surface area (Å²) < 4.78 is 0. The maximum Gasteiger partial charge on any atom is 0.305 e. The van der Waals surface area contributed by atoms with Gasteiger partial charge in [-0.05, 0) is 23.6 Å². The van der Waals surface area contributed by atoms with Gasteiger partial charge in [-0.3, -0.25) is 9.59 Å². The Morgan fingerprint density at radius 1 is 1.16 bits per heavy atom. The molecule has 0 unspecified atom stereocenters. The van der Waals surface area contributed by atoms with Gasteiger partial charge >= 0.3 is 5.97 Å². The fourth-order valence-corrected chi connectivity index (χ4v) is 2.34. The van der Waals surface area contributed by atoms with Crippen molar-refractivity contribution in [2.75, 3.05) is 11.4 Å². The zero-order valence-corrected chi connectivity index (χ0v) is 11.0. The molecule has 0 saturated heterocycles. The summed E-state index contributed by atoms with van der Waals surface area (Å²) in [5.74, 6) is -1.09. The highest BCUT2D eigenvalue weighted by Crippen LogP contribution is 2.18. The van der Waals surface area contributed by atoms with Gasteiger partial charge in [0.2, 0.25) is 0 Å². The number of nitrogens with zero attached hydrogens (tertiary/aromatic N) is 1. The molecule has 5 heteroatoms. The van der Waals surface area contributed by atoms with E-state index in [1.165, 1.54) is 16.2 Å². The Hall–Kier alpha value is -2.14. The number of para-hydroxylation sites is 1. The van der Waals surface area contributed by atoms with Crippen LogP contribution in [-0.2, 0) is 4.79 Å². The largest absolute Gasteiger partial charge is 0.481 e. The predicted octanol–water partition coefficient (Wildman–Crippen LogP) is 2.87. The van der Waals surface area contributed by atoms with E-state index in [9.17, 15) is 9.59 Å². The number of hydrogen-bond donors (Lipinski definition) is 1. The van der Waals surface area contributed by atoms with Crippen molar-refractivity contribution in [1.82, 2.24) is 0 Å². The van der Waals surface area contributed by atoms with Crippen LogP contribution in [0.3, 0.4) is 0 Å². The molecule has 98 valence electrons. The van der Waals surface area contributed by atoms with E-state index in [1.807, 2.05) is 23.6 Å². The zero-order valence-electron chi connectivity index (χ0n) is 10.2. The first kappa shape index (κ1) is 13.3. The number of hydrogen-bond acceptors (Lipinski definition) is 3. The number of benzene rings is 1. The van der Waals surface area contributed by atoms with Crippen molar-refractivity contribution in [2.24, 2.45) is 0 Å². The average Bonchev–Trinajstić information content (AvgIpc) is 2.93. The lowest BCUT2D eigenvalue weighted by atomic mass is 10.2. The van der Waals surface area contributed by atoms with Gasteiger partial charge in [0.05, 0.1) is 12.0 Å². The molecule has 1 amide bonds. The normalized spacial score (nSPS) is 10.1. The van der Waals surface area contributed by atoms with Crippen LogP contribution in [0.4, 0.5) is 5.69 Å². The van der Waals surface area contributed by atoms with Gasteiger partial charge < -0.3 is 10.0 Å². The predicted molar refractivity (Wildman–Crippen MR) is 74.7 cm³/mol. The lowest BCUT2D eigenvalue weighted by Crippen LogP contribution is -2.32. The third-order valence-electron chi connectivity index (χ3n) is 2.63. The highest BCUT2D eigenvalue weighted by atomic mass is 32.1. The lowest BCUT2D eigenvalue weighted by Gasteiger charge is -2.21. The minimum Gasteiger partial charge on any atom is -0.481 e. The Morgan fingerprint density at radius 3 is 2.47 bits per heavy atom. The molecular formula is C14H13NO3S. The first-order valence-corrected chi connectivity index (χ1v) is 6.73. The number of amides is 1. The standard InChI is InChI=1S/C14H13NO3S/c16-13(17)6-8-15(12-4-2-1-3-5-12)14(18)11-7-9-19-10-11/h1-5,7,9-10H,6,8H2,(H,16,17). The maximum atomic E-state index is 12.4. The van der Waals surface area contributed by atoms with E-state index in [2.05, 4.69) is 0 Å². The van der Waals surface area contributed by atoms with Crippen molar-refractivity contribution in [3.8, 4) is 0 Å². The highest BCUT2D eigenvalue weighted by molar-refractivity contribution is 7.08. The lowest BCUT2D eigenvalue weighted by molar-refractivity contribution is -0.136. The smallest absolute Gasteiger partial charge is 0.305 e. The minimum atomic E-state index is -0.918. The van der Waals surface area contributed by atoms with Crippen LogP contribution in [0.25, 0.3) is 0 Å². The molecule has 1 heterocycles. The van der Waals surface area contributed by atoms with Crippen molar-refractivity contribution in [3.63, 3.8) is 0 Å². The summed E-state index contributed by atoms with van der Waals surface area (Å²) in [6, 6.07) is 10.8. The summed E-state index contributed by atoms with van der Waals surface area (Å²) >= 11 is 1.44. The van der Waals surface area contributed by atoms with Crippen LogP contribution in [0.2, 0.25) is 0 Å². The molecule has 1 aromatic heterocycles. The van der Waals surface area contributed by atoms with Gasteiger partial charge in [-0.25, -0.2) is 0 Å². The van der Waals surface area contributed by atoms with E-state index < -0.39 is 5.97 Å². The maximum absolute atomic E-state index is 12.4. The van der Waals surface area contributed by atoms with Crippen LogP contribution >= 0.6 is 11.3 Å². The van der Waals surface area contributed by atoms with Gasteiger partial charge in [0.25, 0.3) is 5.91 Å². The van der Waals surface area contributed by atoms with Gasteiger partial charge in [-0.15, -0.1) is 0 Å². The molecule has 19 heavy (non-hydrogen) atoms. The monoisotopic (exact) mass is 275 g/mol. The van der Waals surface area contributed by atoms with Gasteiger partial charge in [0, 0.05) is 17.6 Å². The Bertz CT molecular complexity index is 551. The van der Waals surface area contributed by atoms with Gasteiger partial charge in [-0.2, -0.15) is 11.3 Å². The minimum absolute atomic E-state index is 0.0786. The summed E-state index contributed by atoms with van der Waals surface area (Å²) in [6.07, 6.45) is -0.0786. The fourth-order valence-electron chi connectivity index (χ4n) is 1.71. The van der Waals surface area contributed by atoms with Crippen LogP contribution in [0.15, 0.2) is 47.2 Å². The summed E-state index contributed by atoms with van der Waals surface area (Å²) in [4.78, 5) is 24.6. The molecule has 0 aliphatic rings. The molecule has 0 bridgehead atoms. The molecule has 0 aliphatic heterocycles. The third-order valence-corrected chi connectivity index (χ3v) is 3.31. The van der Waals surface area contributed by atoms with E-state index >= 15 is 0 Å². The van der Waals surface area contributed by atoms with Crippen molar-refractivity contribution in [2.45, 2.75) is 6.42 Å². The SMILES string of the molecule is O=C(O)CCN(C(=O)c1ccsc1)c1ccccc1. The van der Waals surface area contributed by atoms with Gasteiger partial charge in [-0.1, -0.05) is 18.2 Å². The molecule has 2 rings (SSSR count). The van der Waals surface area contributed by atoms with Crippen molar-refractivity contribution in [1.29, 1.82) is 0 Å². The highest BCUT2D eigenvalue weighted by Gasteiger charge is 2.18. The van der Waals surface area contributed by atoms with Crippen LogP contribution in [0.1, 0.15) is 16.8 Å². The van der Waals surface area contributed by atoms with Crippen molar-refractivity contribution < 1.29 is 14.7 Å². The number of carbonyl (C=O) groups excluding carboxylic acids is 1. The first-order chi connectivity index (χ1) is 9.18. The van der Waals surface area contributed by atoms with E-state index in [4.69, 9.17) is 5.11 Å². The van der Waals surface area contributed by atoms with E-state index in [-0.39, 0.29) is 18.9 Å². The molecule has 0 radical (unpaired) electrons. The van der Waals surface area contributed by atoms with Crippen molar-refractivity contribution in [3.05, 3.63) is 52.7 Å². The topological polar surface area (TPSA) is 57.6 Å². The van der Waals surface area contributed by atoms with Gasteiger partial charge in [0.15, 0.2) is 0 Å². The number of carboxylic acid groups (broad SMARTS) is 1. The zero-order chi connectivity index (χ0) is 13.7. The molecule has 4 nitrogen and oxygen atoms in total. The summed E-state index contributed by atoms with van der Waals surface area (Å²) in [6.45, 7) is 0.161. The molecule has 0 saturated carbocycles. The number of rotatable bonds is 5. The number of thiophene rings is 1. The van der Waals surface area contributed by atoms with E-state index in [1.54, 1.807) is 23.6 Å². The second-order valence-corrected chi connectivity index (χ2v) is 4.73. The Morgan fingerprint density at radius 2 is 1.89 bits per heavy atom. The molecule has 2 aromatic rings. The first-order valence-electron chi connectivity index (χ1n) is 5.79. The summed E-state index contributed by atoms with van der Waals surface area (Å²) in [7, 11) is 0. The average molecular weight is 275 g/mol. The Balaban J connectivity index is 2.24. The summed E-state index contributed by atoms with van der Waals surface area (Å²) in [5, 5.41) is 12.4. The fraction of sp³-hybridized carbons (Fsp3) is 0.143. The molecule has 0 atom stereocenters. The van der Waals surface area contributed by atoms with Gasteiger partial charge in [0.1, 0.15) is 0 Å². The Kier molecular flexibility index (Phi) is 4.30. The molecular weight excluding hydrogens is 262 g/mol. The van der Waals surface area contributed by atoms with Crippen molar-refractivity contribution >= 4 is 28.9 Å². The van der Waals surface area contributed by atoms with Crippen LogP contribution in [-0.4, -0.2) is 23.5 Å². The van der Waals surface area contributed by atoms with Crippen LogP contribution < -0.4 is 4.90 Å². The second-order valence-electron chi connectivity index (χ2n) is 3.95. The Labute approximate surface area is 114 Å². The molecule has 1 aromatic carbocycles. The summed E-state index contributed by atoms with van der Waals surface area (Å²) in [5.41, 5.74) is 1.29. The second kappa shape index (κ2) is 6.15. The quantitative estimate of drug-likeness (QED) is 0.912. The van der Waals surface area contributed by atoms with Crippen LogP contribution in [0, 0.1) is 0 Å². The number of carboxylic acids is 1.